The zero-order valence-electron chi connectivity index (χ0n) is 12.5. The first-order chi connectivity index (χ1) is 11.5. The number of ether oxygens (including phenoxy) is 1. The molecule has 2 aromatic rings. The van der Waals surface area contributed by atoms with E-state index in [1.165, 1.54) is 4.90 Å². The van der Waals surface area contributed by atoms with Crippen molar-refractivity contribution in [3.63, 3.8) is 0 Å². The number of esters is 1. The molecule has 0 saturated heterocycles. The maximum Gasteiger partial charge on any atom is 0.338 e. The van der Waals surface area contributed by atoms with Gasteiger partial charge in [-0.15, -0.1) is 0 Å². The molecule has 3 rings (SSSR count). The van der Waals surface area contributed by atoms with Crippen LogP contribution >= 0.6 is 22.6 Å². The number of rotatable bonds is 3. The van der Waals surface area contributed by atoms with Crippen LogP contribution in [0.15, 0.2) is 48.5 Å². The SMILES string of the molecule is O=C1CN(C(=O)COC(=O)c2ccc(I)cc2)c2ccccc2N1. The molecule has 0 unspecified atom stereocenters. The van der Waals surface area contributed by atoms with E-state index < -0.39 is 18.5 Å². The molecule has 122 valence electrons. The summed E-state index contributed by atoms with van der Waals surface area (Å²) in [6.07, 6.45) is 0. The Labute approximate surface area is 151 Å². The Kier molecular flexibility index (Phi) is 4.79. The molecule has 0 saturated carbocycles. The first kappa shape index (κ1) is 16.4. The minimum atomic E-state index is -0.575. The van der Waals surface area contributed by atoms with Gasteiger partial charge in [0.15, 0.2) is 6.61 Å². The van der Waals surface area contributed by atoms with Gasteiger partial charge in [-0.2, -0.15) is 0 Å². The van der Waals surface area contributed by atoms with E-state index in [4.69, 9.17) is 4.74 Å². The van der Waals surface area contributed by atoms with Crippen molar-refractivity contribution in [1.82, 2.24) is 0 Å². The van der Waals surface area contributed by atoms with E-state index in [1.807, 2.05) is 0 Å². The quantitative estimate of drug-likeness (QED) is 0.593. The number of fused-ring (bicyclic) bond motifs is 1. The molecule has 0 atom stereocenters. The van der Waals surface area contributed by atoms with Crippen molar-refractivity contribution in [3.05, 3.63) is 57.7 Å². The van der Waals surface area contributed by atoms with Crippen LogP contribution in [0.4, 0.5) is 11.4 Å². The van der Waals surface area contributed by atoms with E-state index in [2.05, 4.69) is 27.9 Å². The number of para-hydroxylation sites is 2. The Morgan fingerprint density at radius 2 is 1.83 bits per heavy atom. The Bertz CT molecular complexity index is 804. The third kappa shape index (κ3) is 3.56. The highest BCUT2D eigenvalue weighted by atomic mass is 127. The van der Waals surface area contributed by atoms with Crippen LogP contribution in [0, 0.1) is 3.57 Å². The largest absolute Gasteiger partial charge is 0.452 e. The van der Waals surface area contributed by atoms with E-state index in [0.717, 1.165) is 3.57 Å². The van der Waals surface area contributed by atoms with Crippen molar-refractivity contribution in [2.24, 2.45) is 0 Å². The maximum atomic E-state index is 12.4. The lowest BCUT2D eigenvalue weighted by Crippen LogP contribution is -2.44. The van der Waals surface area contributed by atoms with Gasteiger partial charge >= 0.3 is 5.97 Å². The molecule has 24 heavy (non-hydrogen) atoms. The summed E-state index contributed by atoms with van der Waals surface area (Å²) in [6.45, 7) is -0.524. The predicted molar refractivity (Wildman–Crippen MR) is 96.9 cm³/mol. The summed E-state index contributed by atoms with van der Waals surface area (Å²) in [5.41, 5.74) is 1.53. The van der Waals surface area contributed by atoms with Gasteiger partial charge in [-0.3, -0.25) is 14.5 Å². The van der Waals surface area contributed by atoms with Crippen molar-refractivity contribution in [1.29, 1.82) is 0 Å². The molecule has 0 spiro atoms. The van der Waals surface area contributed by atoms with Gasteiger partial charge in [0.1, 0.15) is 6.54 Å². The second kappa shape index (κ2) is 7.00. The molecular weight excluding hydrogens is 423 g/mol. The van der Waals surface area contributed by atoms with Gasteiger partial charge in [-0.25, -0.2) is 4.79 Å². The average molecular weight is 436 g/mol. The Morgan fingerprint density at radius 3 is 2.58 bits per heavy atom. The molecule has 0 radical (unpaired) electrons. The Balaban J connectivity index is 1.68. The summed E-state index contributed by atoms with van der Waals surface area (Å²) in [4.78, 5) is 37.4. The lowest BCUT2D eigenvalue weighted by Gasteiger charge is -2.28. The number of hydrogen-bond acceptors (Lipinski definition) is 4. The standard InChI is InChI=1S/C17H13IN2O4/c18-12-7-5-11(6-8-12)17(23)24-10-16(22)20-9-15(21)19-13-3-1-2-4-14(13)20/h1-8H,9-10H2,(H,19,21). The average Bonchev–Trinajstić information content (AvgIpc) is 2.59. The van der Waals surface area contributed by atoms with Crippen LogP contribution in [-0.4, -0.2) is 30.9 Å². The summed E-state index contributed by atoms with van der Waals surface area (Å²) in [7, 11) is 0. The lowest BCUT2D eigenvalue weighted by molar-refractivity contribution is -0.124. The van der Waals surface area contributed by atoms with Crippen molar-refractivity contribution >= 4 is 51.7 Å². The number of carbonyl (C=O) groups excluding carboxylic acids is 3. The van der Waals surface area contributed by atoms with Gasteiger partial charge in [0.2, 0.25) is 5.91 Å². The molecular formula is C17H13IN2O4. The summed E-state index contributed by atoms with van der Waals surface area (Å²) < 4.78 is 6.07. The lowest BCUT2D eigenvalue weighted by atomic mass is 10.2. The molecule has 6 nitrogen and oxygen atoms in total. The molecule has 2 amide bonds. The van der Waals surface area contributed by atoms with Gasteiger partial charge in [0.05, 0.1) is 16.9 Å². The molecule has 0 aliphatic carbocycles. The van der Waals surface area contributed by atoms with Gasteiger partial charge in [-0.05, 0) is 59.0 Å². The molecule has 1 aliphatic rings. The fourth-order valence-electron chi connectivity index (χ4n) is 2.33. The summed E-state index contributed by atoms with van der Waals surface area (Å²) in [6, 6.07) is 13.8. The molecule has 7 heteroatoms. The zero-order valence-corrected chi connectivity index (χ0v) is 14.6. The second-order valence-corrected chi connectivity index (χ2v) is 6.37. The van der Waals surface area contributed by atoms with Crippen LogP contribution in [0.25, 0.3) is 0 Å². The zero-order chi connectivity index (χ0) is 17.1. The number of carbonyl (C=O) groups is 3. The van der Waals surface area contributed by atoms with Gasteiger partial charge in [0.25, 0.3) is 5.91 Å². The number of halogens is 1. The smallest absolute Gasteiger partial charge is 0.338 e. The molecule has 0 fully saturated rings. The molecule has 1 heterocycles. The third-order valence-electron chi connectivity index (χ3n) is 3.48. The normalized spacial score (nSPS) is 13.0. The number of nitrogens with one attached hydrogen (secondary N) is 1. The van der Waals surface area contributed by atoms with E-state index in [9.17, 15) is 14.4 Å². The van der Waals surface area contributed by atoms with Crippen LogP contribution in [0.3, 0.4) is 0 Å². The minimum absolute atomic E-state index is 0.100. The third-order valence-corrected chi connectivity index (χ3v) is 4.20. The minimum Gasteiger partial charge on any atom is -0.452 e. The van der Waals surface area contributed by atoms with Gasteiger partial charge in [-0.1, -0.05) is 12.1 Å². The number of nitrogens with zero attached hydrogens (tertiary/aromatic N) is 1. The molecule has 0 bridgehead atoms. The summed E-state index contributed by atoms with van der Waals surface area (Å²) in [5.74, 6) is -1.31. The Hall–Kier alpha value is -2.42. The first-order valence-corrected chi connectivity index (χ1v) is 8.24. The maximum absolute atomic E-state index is 12.4. The summed E-state index contributed by atoms with van der Waals surface area (Å²) in [5, 5.41) is 2.70. The van der Waals surface area contributed by atoms with Crippen LogP contribution in [0.1, 0.15) is 10.4 Å². The molecule has 1 N–H and O–H groups in total. The van der Waals surface area contributed by atoms with E-state index >= 15 is 0 Å². The predicted octanol–water partition coefficient (Wildman–Crippen LogP) is 2.43. The van der Waals surface area contributed by atoms with E-state index in [-0.39, 0.29) is 12.5 Å². The molecule has 1 aliphatic heterocycles. The number of hydrogen-bond donors (Lipinski definition) is 1. The number of amides is 2. The fraction of sp³-hybridized carbons (Fsp3) is 0.118. The topological polar surface area (TPSA) is 75.7 Å². The second-order valence-electron chi connectivity index (χ2n) is 5.13. The molecule has 2 aromatic carbocycles. The van der Waals surface area contributed by atoms with Gasteiger partial charge in [0, 0.05) is 3.57 Å². The first-order valence-electron chi connectivity index (χ1n) is 7.16. The monoisotopic (exact) mass is 436 g/mol. The van der Waals surface area contributed by atoms with Crippen LogP contribution in [-0.2, 0) is 14.3 Å². The number of anilines is 2. The van der Waals surface area contributed by atoms with Crippen molar-refractivity contribution in [2.75, 3.05) is 23.4 Å². The van der Waals surface area contributed by atoms with E-state index in [0.29, 0.717) is 16.9 Å². The van der Waals surface area contributed by atoms with Gasteiger partial charge < -0.3 is 10.1 Å². The number of benzene rings is 2. The summed E-state index contributed by atoms with van der Waals surface area (Å²) >= 11 is 2.13. The van der Waals surface area contributed by atoms with Crippen molar-refractivity contribution in [2.45, 2.75) is 0 Å². The van der Waals surface area contributed by atoms with Crippen molar-refractivity contribution in [3.8, 4) is 0 Å². The van der Waals surface area contributed by atoms with Crippen LogP contribution in [0.2, 0.25) is 0 Å². The highest BCUT2D eigenvalue weighted by Gasteiger charge is 2.27. The Morgan fingerprint density at radius 1 is 1.12 bits per heavy atom. The fourth-order valence-corrected chi connectivity index (χ4v) is 2.69. The van der Waals surface area contributed by atoms with Crippen LogP contribution in [0.5, 0.6) is 0 Å². The highest BCUT2D eigenvalue weighted by molar-refractivity contribution is 14.1. The molecule has 0 aromatic heterocycles. The van der Waals surface area contributed by atoms with E-state index in [1.54, 1.807) is 48.5 Å². The van der Waals surface area contributed by atoms with Crippen LogP contribution < -0.4 is 10.2 Å². The highest BCUT2D eigenvalue weighted by Crippen LogP contribution is 2.28. The van der Waals surface area contributed by atoms with Crippen molar-refractivity contribution < 1.29 is 19.1 Å².